The first kappa shape index (κ1) is 20.3. The van der Waals surface area contributed by atoms with Crippen molar-refractivity contribution in [1.29, 1.82) is 0 Å². The van der Waals surface area contributed by atoms with Gasteiger partial charge in [-0.15, -0.1) is 0 Å². The molecule has 3 amide bonds. The Morgan fingerprint density at radius 2 is 1.73 bits per heavy atom. The lowest BCUT2D eigenvalue weighted by Gasteiger charge is -2.25. The van der Waals surface area contributed by atoms with Gasteiger partial charge in [0.05, 0.1) is 0 Å². The number of carbonyl (C=O) groups is 2. The molecule has 0 heterocycles. The second kappa shape index (κ2) is 11.6. The monoisotopic (exact) mass is 359 g/mol. The number of nitrogens with one attached hydrogen (secondary N) is 2. The first-order valence-electron chi connectivity index (χ1n) is 10.0. The average Bonchev–Trinajstić information content (AvgIpc) is 2.68. The summed E-state index contributed by atoms with van der Waals surface area (Å²) < 4.78 is 0. The van der Waals surface area contributed by atoms with Gasteiger partial charge in [0.25, 0.3) is 0 Å². The number of hydrogen-bond donors (Lipinski definition) is 2. The average molecular weight is 360 g/mol. The van der Waals surface area contributed by atoms with Gasteiger partial charge in [0.1, 0.15) is 0 Å². The van der Waals surface area contributed by atoms with Crippen LogP contribution in [-0.2, 0) is 4.79 Å². The molecular formula is C21H33N3O2. The largest absolute Gasteiger partial charge is 0.359 e. The lowest BCUT2D eigenvalue weighted by Crippen LogP contribution is -2.37. The van der Waals surface area contributed by atoms with Crippen LogP contribution in [0.25, 0.3) is 0 Å². The molecule has 0 aromatic heterocycles. The van der Waals surface area contributed by atoms with Gasteiger partial charge in [0, 0.05) is 32.2 Å². The van der Waals surface area contributed by atoms with Gasteiger partial charge in [-0.1, -0.05) is 50.3 Å². The van der Waals surface area contributed by atoms with E-state index in [4.69, 9.17) is 0 Å². The smallest absolute Gasteiger partial charge is 0.321 e. The van der Waals surface area contributed by atoms with E-state index in [1.54, 1.807) is 7.05 Å². The fourth-order valence-corrected chi connectivity index (χ4v) is 3.64. The van der Waals surface area contributed by atoms with Gasteiger partial charge in [-0.2, -0.15) is 0 Å². The molecule has 0 spiro atoms. The maximum Gasteiger partial charge on any atom is 0.321 e. The summed E-state index contributed by atoms with van der Waals surface area (Å²) in [4.78, 5) is 26.0. The second-order valence-corrected chi connectivity index (χ2v) is 7.21. The number of para-hydroxylation sites is 1. The van der Waals surface area contributed by atoms with Crippen molar-refractivity contribution in [1.82, 2.24) is 10.2 Å². The van der Waals surface area contributed by atoms with Gasteiger partial charge in [-0.25, -0.2) is 4.79 Å². The fourth-order valence-electron chi connectivity index (χ4n) is 3.64. The number of amides is 3. The molecule has 1 aromatic carbocycles. The summed E-state index contributed by atoms with van der Waals surface area (Å²) in [6.45, 7) is 1.36. The Balaban J connectivity index is 1.82. The maximum atomic E-state index is 12.7. The van der Waals surface area contributed by atoms with Crippen molar-refractivity contribution in [2.24, 2.45) is 5.92 Å². The van der Waals surface area contributed by atoms with E-state index in [0.717, 1.165) is 24.6 Å². The lowest BCUT2D eigenvalue weighted by atomic mass is 9.86. The molecule has 0 saturated heterocycles. The van der Waals surface area contributed by atoms with E-state index < -0.39 is 0 Å². The number of rotatable bonds is 9. The maximum absolute atomic E-state index is 12.7. The highest BCUT2D eigenvalue weighted by Crippen LogP contribution is 2.27. The minimum atomic E-state index is -0.0725. The number of benzene rings is 1. The zero-order valence-corrected chi connectivity index (χ0v) is 16.0. The molecular weight excluding hydrogens is 326 g/mol. The van der Waals surface area contributed by atoms with Gasteiger partial charge in [-0.3, -0.25) is 4.79 Å². The van der Waals surface area contributed by atoms with E-state index in [2.05, 4.69) is 10.6 Å². The summed E-state index contributed by atoms with van der Waals surface area (Å²) in [5.41, 5.74) is 0.807. The van der Waals surface area contributed by atoms with Crippen LogP contribution in [0.15, 0.2) is 30.3 Å². The predicted molar refractivity (Wildman–Crippen MR) is 106 cm³/mol. The zero-order valence-electron chi connectivity index (χ0n) is 16.0. The van der Waals surface area contributed by atoms with Gasteiger partial charge in [-0.05, 0) is 37.3 Å². The highest BCUT2D eigenvalue weighted by atomic mass is 16.2. The van der Waals surface area contributed by atoms with Crippen LogP contribution in [0.5, 0.6) is 0 Å². The van der Waals surface area contributed by atoms with Crippen molar-refractivity contribution in [3.8, 4) is 0 Å². The van der Waals surface area contributed by atoms with Crippen molar-refractivity contribution >= 4 is 17.6 Å². The minimum Gasteiger partial charge on any atom is -0.359 e. The third-order valence-corrected chi connectivity index (χ3v) is 5.19. The number of hydrogen-bond acceptors (Lipinski definition) is 2. The number of carbonyl (C=O) groups excluding carboxylic acids is 2. The summed E-state index contributed by atoms with van der Waals surface area (Å²) in [6.07, 6.45) is 10.1. The Morgan fingerprint density at radius 3 is 2.42 bits per heavy atom. The summed E-state index contributed by atoms with van der Waals surface area (Å²) in [6, 6.07) is 9.46. The summed E-state index contributed by atoms with van der Waals surface area (Å²) in [5.74, 6) is 0.851. The number of nitrogens with zero attached hydrogens (tertiary/aromatic N) is 1. The Hall–Kier alpha value is -2.04. The molecule has 0 bridgehead atoms. The predicted octanol–water partition coefficient (Wildman–Crippen LogP) is 4.41. The molecule has 0 aliphatic heterocycles. The molecule has 1 fully saturated rings. The highest BCUT2D eigenvalue weighted by molar-refractivity contribution is 5.89. The fraction of sp³-hybridized carbons (Fsp3) is 0.619. The highest BCUT2D eigenvalue weighted by Gasteiger charge is 2.17. The summed E-state index contributed by atoms with van der Waals surface area (Å²) >= 11 is 0. The molecule has 5 nitrogen and oxygen atoms in total. The Labute approximate surface area is 157 Å². The van der Waals surface area contributed by atoms with Crippen LogP contribution in [0.2, 0.25) is 0 Å². The van der Waals surface area contributed by atoms with E-state index in [1.165, 1.54) is 38.5 Å². The van der Waals surface area contributed by atoms with Crippen LogP contribution in [0.3, 0.4) is 0 Å². The lowest BCUT2D eigenvalue weighted by molar-refractivity contribution is -0.120. The van der Waals surface area contributed by atoms with Crippen LogP contribution in [0.1, 0.15) is 57.8 Å². The molecule has 1 aromatic rings. The van der Waals surface area contributed by atoms with Crippen molar-refractivity contribution < 1.29 is 9.59 Å². The quantitative estimate of drug-likeness (QED) is 0.686. The molecule has 5 heteroatoms. The van der Waals surface area contributed by atoms with Crippen LogP contribution in [0.4, 0.5) is 10.5 Å². The van der Waals surface area contributed by atoms with Crippen LogP contribution < -0.4 is 10.6 Å². The second-order valence-electron chi connectivity index (χ2n) is 7.21. The third kappa shape index (κ3) is 7.46. The van der Waals surface area contributed by atoms with Gasteiger partial charge >= 0.3 is 6.03 Å². The van der Waals surface area contributed by atoms with Crippen molar-refractivity contribution in [3.63, 3.8) is 0 Å². The van der Waals surface area contributed by atoms with Crippen molar-refractivity contribution in [3.05, 3.63) is 30.3 Å². The van der Waals surface area contributed by atoms with Gasteiger partial charge in [0.15, 0.2) is 0 Å². The number of urea groups is 1. The standard InChI is InChI=1S/C21H33N3O2/c1-22-20(25)15-9-17-24(16-8-12-18-10-4-2-5-11-18)21(26)23-19-13-6-3-7-14-19/h3,6-7,13-14,18H,2,4-5,8-12,15-17H2,1H3,(H,22,25)(H,23,26). The Kier molecular flexibility index (Phi) is 9.01. The topological polar surface area (TPSA) is 61.4 Å². The molecule has 0 atom stereocenters. The normalized spacial score (nSPS) is 14.7. The molecule has 0 unspecified atom stereocenters. The Morgan fingerprint density at radius 1 is 1.04 bits per heavy atom. The van der Waals surface area contributed by atoms with E-state index in [1.807, 2.05) is 35.2 Å². The summed E-state index contributed by atoms with van der Waals surface area (Å²) in [7, 11) is 1.65. The zero-order chi connectivity index (χ0) is 18.6. The van der Waals surface area contributed by atoms with Gasteiger partial charge < -0.3 is 15.5 Å². The molecule has 1 saturated carbocycles. The minimum absolute atomic E-state index is 0.0237. The molecule has 144 valence electrons. The molecule has 2 N–H and O–H groups in total. The molecule has 1 aliphatic rings. The first-order valence-corrected chi connectivity index (χ1v) is 10.0. The molecule has 1 aliphatic carbocycles. The number of anilines is 1. The van der Waals surface area contributed by atoms with E-state index in [-0.39, 0.29) is 11.9 Å². The molecule has 2 rings (SSSR count). The van der Waals surface area contributed by atoms with Crippen molar-refractivity contribution in [2.45, 2.75) is 57.8 Å². The molecule has 0 radical (unpaired) electrons. The first-order chi connectivity index (χ1) is 12.7. The third-order valence-electron chi connectivity index (χ3n) is 5.19. The van der Waals surface area contributed by atoms with E-state index >= 15 is 0 Å². The SMILES string of the molecule is CNC(=O)CCCN(CCCC1CCCCC1)C(=O)Nc1ccccc1. The van der Waals surface area contributed by atoms with Crippen molar-refractivity contribution in [2.75, 3.05) is 25.5 Å². The van der Waals surface area contributed by atoms with E-state index in [9.17, 15) is 9.59 Å². The van der Waals surface area contributed by atoms with Crippen LogP contribution in [-0.4, -0.2) is 37.0 Å². The Bertz CT molecular complexity index is 541. The van der Waals surface area contributed by atoms with Gasteiger partial charge in [0.2, 0.25) is 5.91 Å². The molecule has 26 heavy (non-hydrogen) atoms. The van der Waals surface area contributed by atoms with Crippen LogP contribution >= 0.6 is 0 Å². The summed E-state index contributed by atoms with van der Waals surface area (Å²) in [5, 5.41) is 5.60. The van der Waals surface area contributed by atoms with Crippen LogP contribution in [0, 0.1) is 5.92 Å². The van der Waals surface area contributed by atoms with E-state index in [0.29, 0.717) is 19.4 Å².